The molecule has 10 heteroatoms. The molecule has 0 radical (unpaired) electrons. The number of aromatic nitrogens is 2. The highest BCUT2D eigenvalue weighted by molar-refractivity contribution is 6.05. The lowest BCUT2D eigenvalue weighted by Crippen LogP contribution is -2.20. The largest absolute Gasteiger partial charge is 0.493 e. The first kappa shape index (κ1) is 21.0. The molecule has 0 aliphatic carbocycles. The highest BCUT2D eigenvalue weighted by Gasteiger charge is 2.40. The molecule has 0 saturated carbocycles. The normalized spacial score (nSPS) is 11.1. The Bertz CT molecular complexity index is 1020. The summed E-state index contributed by atoms with van der Waals surface area (Å²) in [5.74, 6) is -0.226. The first-order valence-corrected chi connectivity index (χ1v) is 8.62. The van der Waals surface area contributed by atoms with Crippen LogP contribution in [0.3, 0.4) is 0 Å². The minimum Gasteiger partial charge on any atom is -0.493 e. The number of amides is 1. The number of carbonyl (C=O) groups excluding carboxylic acids is 1. The van der Waals surface area contributed by atoms with Crippen LogP contribution in [0.1, 0.15) is 16.1 Å². The van der Waals surface area contributed by atoms with Crippen molar-refractivity contribution >= 4 is 11.6 Å². The average Bonchev–Trinajstić information content (AvgIpc) is 3.19. The van der Waals surface area contributed by atoms with Crippen molar-refractivity contribution in [3.8, 4) is 22.9 Å². The third kappa shape index (κ3) is 4.02. The van der Waals surface area contributed by atoms with Gasteiger partial charge in [0.05, 0.1) is 38.8 Å². The maximum Gasteiger partial charge on any atom is 0.434 e. The van der Waals surface area contributed by atoms with Crippen LogP contribution in [0.4, 0.5) is 18.9 Å². The van der Waals surface area contributed by atoms with Crippen LogP contribution in [0, 0.1) is 0 Å². The van der Waals surface area contributed by atoms with E-state index in [1.165, 1.54) is 45.6 Å². The zero-order valence-corrected chi connectivity index (χ0v) is 16.3. The van der Waals surface area contributed by atoms with Crippen LogP contribution in [0.25, 0.3) is 5.69 Å². The van der Waals surface area contributed by atoms with E-state index in [2.05, 4.69) is 10.4 Å². The van der Waals surface area contributed by atoms with Gasteiger partial charge in [-0.25, -0.2) is 4.68 Å². The fourth-order valence-corrected chi connectivity index (χ4v) is 2.90. The average molecular weight is 421 g/mol. The summed E-state index contributed by atoms with van der Waals surface area (Å²) in [6.45, 7) is 0. The molecule has 0 spiro atoms. The van der Waals surface area contributed by atoms with Gasteiger partial charge in [-0.2, -0.15) is 18.3 Å². The standard InChI is InChI=1S/C20H18F3N3O4/c1-28-15-9-12(10-16(29-2)17(15)30-3)25-19(27)14-11-24-26(18(14)20(21,22)23)13-7-5-4-6-8-13/h4-11H,1-3H3,(H,25,27). The number of nitrogens with one attached hydrogen (secondary N) is 1. The molecular weight excluding hydrogens is 403 g/mol. The monoisotopic (exact) mass is 421 g/mol. The van der Waals surface area contributed by atoms with Gasteiger partial charge in [-0.1, -0.05) is 18.2 Å². The topological polar surface area (TPSA) is 74.6 Å². The molecule has 0 atom stereocenters. The Balaban J connectivity index is 2.02. The molecule has 1 N–H and O–H groups in total. The lowest BCUT2D eigenvalue weighted by atomic mass is 10.2. The van der Waals surface area contributed by atoms with Gasteiger partial charge in [-0.05, 0) is 12.1 Å². The molecule has 0 bridgehead atoms. The summed E-state index contributed by atoms with van der Waals surface area (Å²) < 4.78 is 57.6. The molecule has 0 aliphatic rings. The molecule has 0 aliphatic heterocycles. The number of halogens is 3. The molecule has 0 fully saturated rings. The highest BCUT2D eigenvalue weighted by atomic mass is 19.4. The number of hydrogen-bond acceptors (Lipinski definition) is 5. The van der Waals surface area contributed by atoms with E-state index in [1.807, 2.05) is 0 Å². The van der Waals surface area contributed by atoms with Crippen molar-refractivity contribution in [1.82, 2.24) is 9.78 Å². The van der Waals surface area contributed by atoms with Crippen molar-refractivity contribution in [3.05, 3.63) is 59.9 Å². The minimum atomic E-state index is -4.81. The van der Waals surface area contributed by atoms with Crippen molar-refractivity contribution < 1.29 is 32.2 Å². The number of para-hydroxylation sites is 1. The van der Waals surface area contributed by atoms with Crippen molar-refractivity contribution in [2.45, 2.75) is 6.18 Å². The molecule has 7 nitrogen and oxygen atoms in total. The van der Waals surface area contributed by atoms with Crippen molar-refractivity contribution in [1.29, 1.82) is 0 Å². The summed E-state index contributed by atoms with van der Waals surface area (Å²) in [5, 5.41) is 6.21. The Hall–Kier alpha value is -3.69. The van der Waals surface area contributed by atoms with Gasteiger partial charge in [0.15, 0.2) is 17.2 Å². The molecule has 158 valence electrons. The molecular formula is C20H18F3N3O4. The van der Waals surface area contributed by atoms with Gasteiger partial charge in [0, 0.05) is 17.8 Å². The van der Waals surface area contributed by atoms with Gasteiger partial charge in [0.2, 0.25) is 5.75 Å². The first-order chi connectivity index (χ1) is 14.3. The molecule has 0 unspecified atom stereocenters. The van der Waals surface area contributed by atoms with Crippen LogP contribution in [0.15, 0.2) is 48.7 Å². The van der Waals surface area contributed by atoms with E-state index in [0.29, 0.717) is 4.68 Å². The molecule has 2 aromatic carbocycles. The van der Waals surface area contributed by atoms with Gasteiger partial charge in [-0.15, -0.1) is 0 Å². The van der Waals surface area contributed by atoms with Crippen LogP contribution in [-0.2, 0) is 6.18 Å². The van der Waals surface area contributed by atoms with Crippen LogP contribution in [-0.4, -0.2) is 37.0 Å². The van der Waals surface area contributed by atoms with Gasteiger partial charge in [0.1, 0.15) is 0 Å². The van der Waals surface area contributed by atoms with E-state index in [4.69, 9.17) is 14.2 Å². The van der Waals surface area contributed by atoms with Gasteiger partial charge >= 0.3 is 6.18 Å². The second kappa shape index (κ2) is 8.36. The molecule has 0 saturated heterocycles. The number of hydrogen-bond donors (Lipinski definition) is 1. The highest BCUT2D eigenvalue weighted by Crippen LogP contribution is 2.40. The summed E-state index contributed by atoms with van der Waals surface area (Å²) in [6, 6.07) is 10.6. The molecule has 3 aromatic rings. The zero-order chi connectivity index (χ0) is 21.9. The van der Waals surface area contributed by atoms with Gasteiger partial charge in [-0.3, -0.25) is 4.79 Å². The Morgan fingerprint density at radius 3 is 2.10 bits per heavy atom. The second-order valence-electron chi connectivity index (χ2n) is 6.02. The van der Waals surface area contributed by atoms with Gasteiger partial charge in [0.25, 0.3) is 5.91 Å². The molecule has 1 aromatic heterocycles. The quantitative estimate of drug-likeness (QED) is 0.647. The SMILES string of the molecule is COc1cc(NC(=O)c2cnn(-c3ccccc3)c2C(F)(F)F)cc(OC)c1OC. The molecule has 30 heavy (non-hydrogen) atoms. The maximum absolute atomic E-state index is 13.8. The zero-order valence-electron chi connectivity index (χ0n) is 16.3. The van der Waals surface area contributed by atoms with Crippen LogP contribution < -0.4 is 19.5 Å². The number of rotatable bonds is 6. The second-order valence-corrected chi connectivity index (χ2v) is 6.02. The van der Waals surface area contributed by atoms with Crippen molar-refractivity contribution in [2.24, 2.45) is 0 Å². The number of carbonyl (C=O) groups is 1. The summed E-state index contributed by atoms with van der Waals surface area (Å²) >= 11 is 0. The smallest absolute Gasteiger partial charge is 0.434 e. The molecule has 1 amide bonds. The van der Waals surface area contributed by atoms with E-state index >= 15 is 0 Å². The van der Waals surface area contributed by atoms with Crippen LogP contribution in [0.5, 0.6) is 17.2 Å². The summed E-state index contributed by atoms with van der Waals surface area (Å²) in [7, 11) is 4.18. The van der Waals surface area contributed by atoms with E-state index in [9.17, 15) is 18.0 Å². The number of anilines is 1. The van der Waals surface area contributed by atoms with Crippen molar-refractivity contribution in [2.75, 3.05) is 26.6 Å². The van der Waals surface area contributed by atoms with Crippen LogP contribution in [0.2, 0.25) is 0 Å². The van der Waals surface area contributed by atoms with E-state index in [1.54, 1.807) is 18.2 Å². The number of nitrogens with zero attached hydrogens (tertiary/aromatic N) is 2. The predicted molar refractivity (Wildman–Crippen MR) is 103 cm³/mol. The van der Waals surface area contributed by atoms with Crippen LogP contribution >= 0.6 is 0 Å². The predicted octanol–water partition coefficient (Wildman–Crippen LogP) is 4.17. The van der Waals surface area contributed by atoms with E-state index < -0.39 is 23.3 Å². The number of ether oxygens (including phenoxy) is 3. The number of methoxy groups -OCH3 is 3. The molecule has 1 heterocycles. The summed E-state index contributed by atoms with van der Waals surface area (Å²) in [6.07, 6.45) is -3.93. The maximum atomic E-state index is 13.8. The number of benzene rings is 2. The minimum absolute atomic E-state index is 0.162. The lowest BCUT2D eigenvalue weighted by molar-refractivity contribution is -0.143. The Labute approximate surface area is 170 Å². The Morgan fingerprint density at radius 2 is 1.60 bits per heavy atom. The lowest BCUT2D eigenvalue weighted by Gasteiger charge is -2.15. The Kier molecular flexibility index (Phi) is 5.86. The fraction of sp³-hybridized carbons (Fsp3) is 0.200. The summed E-state index contributed by atoms with van der Waals surface area (Å²) in [4.78, 5) is 12.7. The summed E-state index contributed by atoms with van der Waals surface area (Å²) in [5.41, 5.74) is -1.47. The van der Waals surface area contributed by atoms with Crippen molar-refractivity contribution in [3.63, 3.8) is 0 Å². The first-order valence-electron chi connectivity index (χ1n) is 8.62. The fourth-order valence-electron chi connectivity index (χ4n) is 2.90. The molecule has 3 rings (SSSR count). The van der Waals surface area contributed by atoms with E-state index in [0.717, 1.165) is 6.20 Å². The number of alkyl halides is 3. The Morgan fingerprint density at radius 1 is 1.00 bits per heavy atom. The van der Waals surface area contributed by atoms with E-state index in [-0.39, 0.29) is 28.6 Å². The third-order valence-electron chi connectivity index (χ3n) is 4.21. The third-order valence-corrected chi connectivity index (χ3v) is 4.21. The van der Waals surface area contributed by atoms with Gasteiger partial charge < -0.3 is 19.5 Å².